The molecule has 1 aromatic carbocycles. The van der Waals surface area contributed by atoms with Crippen molar-refractivity contribution in [2.45, 2.75) is 33.2 Å². The number of aryl methyl sites for hydroxylation is 2. The van der Waals surface area contributed by atoms with Crippen molar-refractivity contribution in [1.82, 2.24) is 24.5 Å². The largest absolute Gasteiger partial charge is 0.338 e. The highest BCUT2D eigenvalue weighted by molar-refractivity contribution is 7.13. The third-order valence-corrected chi connectivity index (χ3v) is 6.47. The average molecular weight is 404 g/mol. The summed E-state index contributed by atoms with van der Waals surface area (Å²) < 4.78 is 1.76. The molecule has 0 radical (unpaired) electrons. The number of benzene rings is 1. The Morgan fingerprint density at radius 1 is 1.10 bits per heavy atom. The van der Waals surface area contributed by atoms with Crippen LogP contribution in [-0.2, 0) is 24.2 Å². The van der Waals surface area contributed by atoms with Gasteiger partial charge in [0.1, 0.15) is 0 Å². The topological polar surface area (TPSA) is 63.4 Å². The minimum absolute atomic E-state index is 0.130. The maximum atomic E-state index is 13.1. The maximum Gasteiger partial charge on any atom is 0.253 e. The van der Waals surface area contributed by atoms with E-state index in [0.717, 1.165) is 34.8 Å². The summed E-state index contributed by atoms with van der Waals surface area (Å²) in [5.74, 6) is 1.38. The van der Waals surface area contributed by atoms with Crippen molar-refractivity contribution in [3.05, 3.63) is 69.9 Å². The van der Waals surface area contributed by atoms with Crippen LogP contribution in [0.15, 0.2) is 41.8 Å². The molecule has 3 aromatic heterocycles. The first-order valence-electron chi connectivity index (χ1n) is 9.71. The molecule has 0 spiro atoms. The molecule has 146 valence electrons. The van der Waals surface area contributed by atoms with E-state index < -0.39 is 0 Å². The fourth-order valence-corrected chi connectivity index (χ4v) is 4.60. The molecule has 0 N–H and O–H groups in total. The number of fused-ring (bicyclic) bond motifs is 2. The van der Waals surface area contributed by atoms with E-state index in [-0.39, 0.29) is 5.91 Å². The molecular weight excluding hydrogens is 382 g/mol. The lowest BCUT2D eigenvalue weighted by molar-refractivity contribution is -0.131. The Labute approximate surface area is 172 Å². The monoisotopic (exact) mass is 403 g/mol. The molecule has 7 heteroatoms. The highest BCUT2D eigenvalue weighted by Crippen LogP contribution is 2.24. The molecule has 0 atom stereocenters. The van der Waals surface area contributed by atoms with Crippen molar-refractivity contribution in [2.24, 2.45) is 0 Å². The Morgan fingerprint density at radius 3 is 2.72 bits per heavy atom. The Kier molecular flexibility index (Phi) is 4.39. The van der Waals surface area contributed by atoms with Gasteiger partial charge in [-0.2, -0.15) is 4.98 Å². The molecule has 6 nitrogen and oxygen atoms in total. The van der Waals surface area contributed by atoms with Gasteiger partial charge in [0.25, 0.3) is 5.78 Å². The molecule has 4 aromatic rings. The molecule has 0 fully saturated rings. The van der Waals surface area contributed by atoms with E-state index in [1.807, 2.05) is 42.3 Å². The highest BCUT2D eigenvalue weighted by atomic mass is 32.1. The quantitative estimate of drug-likeness (QED) is 0.524. The van der Waals surface area contributed by atoms with Crippen LogP contribution >= 0.6 is 11.3 Å². The SMILES string of the molecule is Cc1nc2nc(-c3cccs3)nn2c(C)c1CC(=O)N1CCc2ccccc2C1. The van der Waals surface area contributed by atoms with Gasteiger partial charge in [-0.3, -0.25) is 4.79 Å². The normalized spacial score (nSPS) is 13.7. The lowest BCUT2D eigenvalue weighted by Gasteiger charge is -2.29. The Bertz CT molecular complexity index is 1210. The van der Waals surface area contributed by atoms with Crippen molar-refractivity contribution in [1.29, 1.82) is 0 Å². The molecule has 0 aliphatic carbocycles. The van der Waals surface area contributed by atoms with Crippen LogP contribution in [0.2, 0.25) is 0 Å². The number of carbonyl (C=O) groups excluding carboxylic acids is 1. The lowest BCUT2D eigenvalue weighted by Crippen LogP contribution is -2.37. The Morgan fingerprint density at radius 2 is 1.93 bits per heavy atom. The van der Waals surface area contributed by atoms with Crippen molar-refractivity contribution in [2.75, 3.05) is 6.54 Å². The smallest absolute Gasteiger partial charge is 0.253 e. The van der Waals surface area contributed by atoms with E-state index in [1.165, 1.54) is 11.1 Å². The molecule has 0 bridgehead atoms. The van der Waals surface area contributed by atoms with Crippen molar-refractivity contribution >= 4 is 23.0 Å². The van der Waals surface area contributed by atoms with Gasteiger partial charge in [0.2, 0.25) is 5.91 Å². The first kappa shape index (κ1) is 18.0. The number of hydrogen-bond donors (Lipinski definition) is 0. The number of hydrogen-bond acceptors (Lipinski definition) is 5. The Balaban J connectivity index is 1.43. The highest BCUT2D eigenvalue weighted by Gasteiger charge is 2.23. The zero-order valence-corrected chi connectivity index (χ0v) is 17.2. The van der Waals surface area contributed by atoms with E-state index in [9.17, 15) is 4.79 Å². The predicted molar refractivity (Wildman–Crippen MR) is 113 cm³/mol. The van der Waals surface area contributed by atoms with Gasteiger partial charge in [0.05, 0.1) is 11.3 Å². The molecule has 0 saturated carbocycles. The first-order valence-corrected chi connectivity index (χ1v) is 10.6. The van der Waals surface area contributed by atoms with Crippen molar-refractivity contribution < 1.29 is 4.79 Å². The standard InChI is InChI=1S/C22H21N5OS/c1-14-18(12-20(28)26-10-9-16-6-3-4-7-17(16)13-26)15(2)27-22(23-14)24-21(25-27)19-8-5-11-29-19/h3-8,11H,9-10,12-13H2,1-2H3. The van der Waals surface area contributed by atoms with Crippen LogP contribution in [0, 0.1) is 13.8 Å². The molecule has 0 saturated heterocycles. The fraction of sp³-hybridized carbons (Fsp3) is 0.273. The molecular formula is C22H21N5OS. The summed E-state index contributed by atoms with van der Waals surface area (Å²) >= 11 is 1.60. The van der Waals surface area contributed by atoms with E-state index in [1.54, 1.807) is 15.9 Å². The van der Waals surface area contributed by atoms with Crippen molar-refractivity contribution in [3.8, 4) is 10.7 Å². The van der Waals surface area contributed by atoms with Gasteiger partial charge < -0.3 is 4.90 Å². The van der Waals surface area contributed by atoms with E-state index >= 15 is 0 Å². The third-order valence-electron chi connectivity index (χ3n) is 5.60. The molecule has 1 amide bonds. The van der Waals surface area contributed by atoms with Crippen LogP contribution < -0.4 is 0 Å². The fourth-order valence-electron chi connectivity index (χ4n) is 3.95. The summed E-state index contributed by atoms with van der Waals surface area (Å²) in [6.07, 6.45) is 1.24. The second-order valence-electron chi connectivity index (χ2n) is 7.40. The third kappa shape index (κ3) is 3.21. The van der Waals surface area contributed by atoms with Crippen LogP contribution in [-0.4, -0.2) is 36.9 Å². The summed E-state index contributed by atoms with van der Waals surface area (Å²) in [6, 6.07) is 12.3. The van der Waals surface area contributed by atoms with Gasteiger partial charge in [-0.15, -0.1) is 16.4 Å². The summed E-state index contributed by atoms with van der Waals surface area (Å²) in [7, 11) is 0. The van der Waals surface area contributed by atoms with Crippen LogP contribution in [0.1, 0.15) is 28.1 Å². The van der Waals surface area contributed by atoms with Crippen LogP contribution in [0.25, 0.3) is 16.5 Å². The lowest BCUT2D eigenvalue weighted by atomic mass is 9.99. The Hall–Kier alpha value is -3.06. The van der Waals surface area contributed by atoms with Gasteiger partial charge in [0.15, 0.2) is 5.82 Å². The van der Waals surface area contributed by atoms with Gasteiger partial charge >= 0.3 is 0 Å². The summed E-state index contributed by atoms with van der Waals surface area (Å²) in [5.41, 5.74) is 5.28. The number of aromatic nitrogens is 4. The number of thiophene rings is 1. The molecule has 1 aliphatic heterocycles. The summed E-state index contributed by atoms with van der Waals surface area (Å²) in [4.78, 5) is 25.2. The molecule has 0 unspecified atom stereocenters. The zero-order chi connectivity index (χ0) is 20.0. The second-order valence-corrected chi connectivity index (χ2v) is 8.34. The van der Waals surface area contributed by atoms with Gasteiger partial charge in [-0.1, -0.05) is 30.3 Å². The maximum absolute atomic E-state index is 13.1. The molecule has 1 aliphatic rings. The number of rotatable bonds is 3. The minimum Gasteiger partial charge on any atom is -0.338 e. The van der Waals surface area contributed by atoms with E-state index in [4.69, 9.17) is 0 Å². The van der Waals surface area contributed by atoms with Crippen LogP contribution in [0.5, 0.6) is 0 Å². The predicted octanol–water partition coefficient (Wildman–Crippen LogP) is 3.60. The first-order chi connectivity index (χ1) is 14.1. The average Bonchev–Trinajstić information content (AvgIpc) is 3.40. The van der Waals surface area contributed by atoms with Crippen molar-refractivity contribution in [3.63, 3.8) is 0 Å². The van der Waals surface area contributed by atoms with Gasteiger partial charge in [-0.25, -0.2) is 9.50 Å². The summed E-state index contributed by atoms with van der Waals surface area (Å²) in [6.45, 7) is 5.37. The summed E-state index contributed by atoms with van der Waals surface area (Å²) in [5, 5.41) is 6.64. The zero-order valence-electron chi connectivity index (χ0n) is 16.4. The van der Waals surface area contributed by atoms with E-state index in [0.29, 0.717) is 24.6 Å². The number of carbonyl (C=O) groups is 1. The van der Waals surface area contributed by atoms with Gasteiger partial charge in [0, 0.05) is 30.0 Å². The van der Waals surface area contributed by atoms with Gasteiger partial charge in [-0.05, 0) is 42.8 Å². The van der Waals surface area contributed by atoms with E-state index in [2.05, 4.69) is 33.3 Å². The molecule has 5 rings (SSSR count). The van der Waals surface area contributed by atoms with Crippen LogP contribution in [0.4, 0.5) is 0 Å². The number of amides is 1. The number of nitrogens with zero attached hydrogens (tertiary/aromatic N) is 5. The minimum atomic E-state index is 0.130. The molecule has 4 heterocycles. The molecule has 29 heavy (non-hydrogen) atoms. The second kappa shape index (κ2) is 7.08. The van der Waals surface area contributed by atoms with Crippen LogP contribution in [0.3, 0.4) is 0 Å².